The van der Waals surface area contributed by atoms with Crippen LogP contribution in [0.15, 0.2) is 33.7 Å². The van der Waals surface area contributed by atoms with E-state index in [-0.39, 0.29) is 34.2 Å². The van der Waals surface area contributed by atoms with E-state index in [0.29, 0.717) is 38.2 Å². The number of carbonyl (C=O) groups is 1. The van der Waals surface area contributed by atoms with Crippen LogP contribution in [0.2, 0.25) is 0 Å². The lowest BCUT2D eigenvalue weighted by molar-refractivity contribution is -0.126. The minimum Gasteiger partial charge on any atom is -0.360 e. The van der Waals surface area contributed by atoms with E-state index in [1.165, 1.54) is 16.4 Å². The van der Waals surface area contributed by atoms with E-state index >= 15 is 0 Å². The van der Waals surface area contributed by atoms with Gasteiger partial charge in [0.15, 0.2) is 5.76 Å². The summed E-state index contributed by atoms with van der Waals surface area (Å²) >= 11 is 0. The topological polar surface area (TPSA) is 92.5 Å². The molecule has 9 heteroatoms. The summed E-state index contributed by atoms with van der Waals surface area (Å²) in [5, 5.41) is 6.62. The number of nitrogens with one attached hydrogen (secondary N) is 1. The highest BCUT2D eigenvalue weighted by atomic mass is 32.2. The highest BCUT2D eigenvalue weighted by Crippen LogP contribution is 2.30. The van der Waals surface area contributed by atoms with E-state index in [0.717, 1.165) is 5.56 Å². The van der Waals surface area contributed by atoms with Gasteiger partial charge in [-0.1, -0.05) is 24.2 Å². The molecule has 0 saturated carbocycles. The van der Waals surface area contributed by atoms with Crippen LogP contribution in [0.3, 0.4) is 0 Å². The molecule has 1 amide bonds. The van der Waals surface area contributed by atoms with Crippen molar-refractivity contribution in [2.45, 2.75) is 45.1 Å². The molecule has 0 spiro atoms. The van der Waals surface area contributed by atoms with Crippen LogP contribution in [-0.2, 0) is 21.4 Å². The molecule has 2 heterocycles. The number of hydrogen-bond acceptors (Lipinski definition) is 5. The normalized spacial score (nSPS) is 17.2. The number of sulfonamides is 1. The number of piperidine rings is 1. The average molecular weight is 424 g/mol. The van der Waals surface area contributed by atoms with Gasteiger partial charge in [0.2, 0.25) is 15.9 Å². The quantitative estimate of drug-likeness (QED) is 0.771. The molecule has 7 nitrogen and oxygen atoms in total. The maximum absolute atomic E-state index is 13.0. The van der Waals surface area contributed by atoms with Crippen molar-refractivity contribution in [1.29, 1.82) is 0 Å². The van der Waals surface area contributed by atoms with E-state index in [4.69, 9.17) is 4.52 Å². The fourth-order valence-electron chi connectivity index (χ4n) is 3.75. The Kier molecular flexibility index (Phi) is 6.38. The number of benzene rings is 1. The predicted molar refractivity (Wildman–Crippen MR) is 105 cm³/mol. The minimum absolute atomic E-state index is 0.0821. The van der Waals surface area contributed by atoms with Gasteiger partial charge in [0.25, 0.3) is 0 Å². The second-order valence-electron chi connectivity index (χ2n) is 7.53. The van der Waals surface area contributed by atoms with Gasteiger partial charge in [-0.3, -0.25) is 4.79 Å². The second-order valence-corrected chi connectivity index (χ2v) is 9.40. The first kappa shape index (κ1) is 21.4. The van der Waals surface area contributed by atoms with Gasteiger partial charge >= 0.3 is 0 Å². The summed E-state index contributed by atoms with van der Waals surface area (Å²) in [6.45, 7) is 6.11. The molecule has 1 aromatic heterocycles. The summed E-state index contributed by atoms with van der Waals surface area (Å²) in [4.78, 5) is 12.6. The third-order valence-electron chi connectivity index (χ3n) is 5.56. The van der Waals surface area contributed by atoms with Crippen LogP contribution in [0, 0.1) is 31.5 Å². The Morgan fingerprint density at radius 2 is 1.90 bits per heavy atom. The summed E-state index contributed by atoms with van der Waals surface area (Å²) in [5.41, 5.74) is 1.19. The zero-order valence-corrected chi connectivity index (χ0v) is 17.6. The van der Waals surface area contributed by atoms with Crippen molar-refractivity contribution in [2.75, 3.05) is 13.1 Å². The van der Waals surface area contributed by atoms with Gasteiger partial charge in [-0.15, -0.1) is 0 Å². The summed E-state index contributed by atoms with van der Waals surface area (Å²) in [6.07, 6.45) is 1.21. The maximum atomic E-state index is 13.0. The minimum atomic E-state index is -3.65. The zero-order valence-electron chi connectivity index (χ0n) is 16.8. The number of halogens is 1. The first-order valence-corrected chi connectivity index (χ1v) is 11.1. The third kappa shape index (κ3) is 4.67. The van der Waals surface area contributed by atoms with Crippen LogP contribution in [0.4, 0.5) is 4.39 Å². The molecule has 1 N–H and O–H groups in total. The number of rotatable bonds is 6. The Morgan fingerprint density at radius 1 is 1.28 bits per heavy atom. The molecular formula is C20H26FN3O4S. The Labute approximate surface area is 170 Å². The fourth-order valence-corrected chi connectivity index (χ4v) is 5.52. The lowest BCUT2D eigenvalue weighted by Gasteiger charge is -2.33. The molecule has 158 valence electrons. The first-order chi connectivity index (χ1) is 13.7. The summed E-state index contributed by atoms with van der Waals surface area (Å²) in [5.74, 6) is -0.245. The van der Waals surface area contributed by atoms with Crippen molar-refractivity contribution in [3.63, 3.8) is 0 Å². The van der Waals surface area contributed by atoms with E-state index in [1.807, 2.05) is 6.92 Å². The van der Waals surface area contributed by atoms with Crippen molar-refractivity contribution in [3.8, 4) is 0 Å². The second kappa shape index (κ2) is 8.62. The SMILES string of the molecule is Cc1noc(C)c1S(=O)(=O)N1CCC([C@H](C)C(=O)NCc2ccc(F)cc2)CC1. The molecule has 1 aliphatic heterocycles. The highest BCUT2D eigenvalue weighted by molar-refractivity contribution is 7.89. The molecule has 1 aromatic carbocycles. The lowest BCUT2D eigenvalue weighted by atomic mass is 9.85. The van der Waals surface area contributed by atoms with Crippen LogP contribution in [-0.4, -0.2) is 36.9 Å². The number of hydrogen-bond donors (Lipinski definition) is 1. The first-order valence-electron chi connectivity index (χ1n) is 9.65. The van der Waals surface area contributed by atoms with Crippen molar-refractivity contribution in [1.82, 2.24) is 14.8 Å². The van der Waals surface area contributed by atoms with Gasteiger partial charge in [0.05, 0.1) is 0 Å². The Bertz CT molecular complexity index is 945. The van der Waals surface area contributed by atoms with Crippen molar-refractivity contribution in [2.24, 2.45) is 11.8 Å². The maximum Gasteiger partial charge on any atom is 0.248 e. The van der Waals surface area contributed by atoms with Crippen LogP contribution in [0.25, 0.3) is 0 Å². The molecule has 1 saturated heterocycles. The van der Waals surface area contributed by atoms with Crippen molar-refractivity contribution in [3.05, 3.63) is 47.1 Å². The average Bonchev–Trinajstić information content (AvgIpc) is 3.05. The fraction of sp³-hybridized carbons (Fsp3) is 0.500. The van der Waals surface area contributed by atoms with E-state index < -0.39 is 10.0 Å². The predicted octanol–water partition coefficient (Wildman–Crippen LogP) is 2.78. The molecule has 2 aromatic rings. The molecule has 29 heavy (non-hydrogen) atoms. The van der Waals surface area contributed by atoms with Gasteiger partial charge in [0.1, 0.15) is 16.4 Å². The van der Waals surface area contributed by atoms with Crippen molar-refractivity contribution < 1.29 is 22.1 Å². The molecule has 1 aliphatic rings. The lowest BCUT2D eigenvalue weighted by Crippen LogP contribution is -2.42. The van der Waals surface area contributed by atoms with Crippen LogP contribution >= 0.6 is 0 Å². The summed E-state index contributed by atoms with van der Waals surface area (Å²) < 4.78 is 45.2. The van der Waals surface area contributed by atoms with E-state index in [1.54, 1.807) is 26.0 Å². The van der Waals surface area contributed by atoms with Gasteiger partial charge < -0.3 is 9.84 Å². The van der Waals surface area contributed by atoms with Crippen LogP contribution in [0.1, 0.15) is 36.8 Å². The van der Waals surface area contributed by atoms with Gasteiger partial charge in [-0.2, -0.15) is 4.31 Å². The Balaban J connectivity index is 1.55. The molecule has 0 unspecified atom stereocenters. The summed E-state index contributed by atoms with van der Waals surface area (Å²) in [6, 6.07) is 6.00. The monoisotopic (exact) mass is 423 g/mol. The number of carbonyl (C=O) groups excluding carboxylic acids is 1. The molecule has 3 rings (SSSR count). The van der Waals surface area contributed by atoms with Crippen LogP contribution in [0.5, 0.6) is 0 Å². The number of aromatic nitrogens is 1. The molecule has 0 aliphatic carbocycles. The van der Waals surface area contributed by atoms with Crippen LogP contribution < -0.4 is 5.32 Å². The Hall–Kier alpha value is -2.26. The van der Waals surface area contributed by atoms with Gasteiger partial charge in [-0.05, 0) is 50.3 Å². The molecule has 1 atom stereocenters. The number of nitrogens with zero attached hydrogens (tertiary/aromatic N) is 2. The standard InChI is InChI=1S/C20H26FN3O4S/c1-13(20(25)22-12-16-4-6-18(21)7-5-16)17-8-10-24(11-9-17)29(26,27)19-14(2)23-28-15(19)3/h4-7,13,17H,8-12H2,1-3H3,(H,22,25)/t13-/m0/s1. The molecular weight excluding hydrogens is 397 g/mol. The Morgan fingerprint density at radius 3 is 2.45 bits per heavy atom. The zero-order chi connectivity index (χ0) is 21.2. The molecule has 0 bridgehead atoms. The molecule has 0 radical (unpaired) electrons. The number of amides is 1. The third-order valence-corrected chi connectivity index (χ3v) is 7.71. The van der Waals surface area contributed by atoms with E-state index in [2.05, 4.69) is 10.5 Å². The van der Waals surface area contributed by atoms with Gasteiger partial charge in [0, 0.05) is 25.6 Å². The van der Waals surface area contributed by atoms with Crippen molar-refractivity contribution >= 4 is 15.9 Å². The smallest absolute Gasteiger partial charge is 0.248 e. The molecule has 1 fully saturated rings. The summed E-state index contributed by atoms with van der Waals surface area (Å²) in [7, 11) is -3.65. The highest BCUT2D eigenvalue weighted by Gasteiger charge is 2.36. The largest absolute Gasteiger partial charge is 0.360 e. The van der Waals surface area contributed by atoms with Gasteiger partial charge in [-0.25, -0.2) is 12.8 Å². The number of aryl methyl sites for hydroxylation is 2. The van der Waals surface area contributed by atoms with E-state index in [9.17, 15) is 17.6 Å².